The smallest absolute Gasteiger partial charge is 0.0652 e. The van der Waals surface area contributed by atoms with E-state index < -0.39 is 0 Å². The molecule has 0 spiro atoms. The van der Waals surface area contributed by atoms with Crippen molar-refractivity contribution < 1.29 is 4.74 Å². The van der Waals surface area contributed by atoms with Gasteiger partial charge in [-0.2, -0.15) is 0 Å². The first-order valence-electron chi connectivity index (χ1n) is 7.55. The highest BCUT2D eigenvalue weighted by Crippen LogP contribution is 2.45. The van der Waals surface area contributed by atoms with Crippen molar-refractivity contribution >= 4 is 11.6 Å². The monoisotopic (exact) mass is 293 g/mol. The molecule has 0 heterocycles. The van der Waals surface area contributed by atoms with Crippen LogP contribution in [0.15, 0.2) is 24.3 Å². The van der Waals surface area contributed by atoms with Crippen molar-refractivity contribution in [3.8, 4) is 0 Å². The summed E-state index contributed by atoms with van der Waals surface area (Å²) >= 11 is 5.94. The van der Waals surface area contributed by atoms with Gasteiger partial charge in [0.1, 0.15) is 0 Å². The van der Waals surface area contributed by atoms with Gasteiger partial charge in [-0.15, -0.1) is 0 Å². The largest absolute Gasteiger partial charge is 0.381 e. The van der Waals surface area contributed by atoms with Crippen molar-refractivity contribution in [2.45, 2.75) is 57.2 Å². The number of benzene rings is 1. The van der Waals surface area contributed by atoms with Gasteiger partial charge in [-0.3, -0.25) is 0 Å². The van der Waals surface area contributed by atoms with Gasteiger partial charge in [-0.25, -0.2) is 0 Å². The van der Waals surface area contributed by atoms with E-state index in [0.29, 0.717) is 24.1 Å². The van der Waals surface area contributed by atoms with Gasteiger partial charge in [0.05, 0.1) is 6.10 Å². The maximum absolute atomic E-state index is 5.94. The quantitative estimate of drug-likeness (QED) is 0.906. The Hall–Kier alpha value is -0.570. The highest BCUT2D eigenvalue weighted by molar-refractivity contribution is 6.30. The Morgan fingerprint density at radius 2 is 1.80 bits per heavy atom. The second kappa shape index (κ2) is 5.32. The molecule has 0 saturated heterocycles. The van der Waals surface area contributed by atoms with E-state index in [2.05, 4.69) is 31.3 Å². The normalized spacial score (nSPS) is 35.2. The SMILES string of the molecule is COC1CC(NC2CC(c3ccc(Cl)cc3)C2)C1(C)C. The van der Waals surface area contributed by atoms with Gasteiger partial charge in [0.25, 0.3) is 0 Å². The van der Waals surface area contributed by atoms with Crippen LogP contribution < -0.4 is 5.32 Å². The molecular weight excluding hydrogens is 270 g/mol. The van der Waals surface area contributed by atoms with Crippen molar-refractivity contribution in [3.63, 3.8) is 0 Å². The van der Waals surface area contributed by atoms with Crippen LogP contribution in [-0.2, 0) is 4.74 Å². The predicted octanol–water partition coefficient (Wildman–Crippen LogP) is 3.99. The molecule has 20 heavy (non-hydrogen) atoms. The highest BCUT2D eigenvalue weighted by Gasteiger charge is 2.49. The van der Waals surface area contributed by atoms with Gasteiger partial charge in [0.15, 0.2) is 0 Å². The topological polar surface area (TPSA) is 21.3 Å². The van der Waals surface area contributed by atoms with Crippen molar-refractivity contribution in [1.29, 1.82) is 0 Å². The van der Waals surface area contributed by atoms with Gasteiger partial charge in [0.2, 0.25) is 0 Å². The lowest BCUT2D eigenvalue weighted by Gasteiger charge is -2.54. The molecule has 1 N–H and O–H groups in total. The summed E-state index contributed by atoms with van der Waals surface area (Å²) in [6, 6.07) is 9.59. The Morgan fingerprint density at radius 3 is 2.35 bits per heavy atom. The first kappa shape index (κ1) is 14.4. The predicted molar refractivity (Wildman–Crippen MR) is 83.3 cm³/mol. The van der Waals surface area contributed by atoms with Crippen LogP contribution in [0.4, 0.5) is 0 Å². The van der Waals surface area contributed by atoms with E-state index in [1.807, 2.05) is 19.2 Å². The number of hydrogen-bond donors (Lipinski definition) is 1. The Morgan fingerprint density at radius 1 is 1.15 bits per heavy atom. The van der Waals surface area contributed by atoms with E-state index >= 15 is 0 Å². The number of ether oxygens (including phenoxy) is 1. The molecule has 0 bridgehead atoms. The third-order valence-corrected chi connectivity index (χ3v) is 5.63. The summed E-state index contributed by atoms with van der Waals surface area (Å²) in [5.74, 6) is 0.700. The minimum atomic E-state index is 0.264. The van der Waals surface area contributed by atoms with Crippen LogP contribution in [0.5, 0.6) is 0 Å². The van der Waals surface area contributed by atoms with Gasteiger partial charge < -0.3 is 10.1 Å². The first-order chi connectivity index (χ1) is 9.50. The molecule has 0 aliphatic heterocycles. The molecule has 2 aliphatic carbocycles. The van der Waals surface area contributed by atoms with E-state index in [0.717, 1.165) is 11.4 Å². The Bertz CT molecular complexity index is 464. The van der Waals surface area contributed by atoms with E-state index in [1.54, 1.807) is 0 Å². The van der Waals surface area contributed by atoms with E-state index in [-0.39, 0.29) is 5.41 Å². The van der Waals surface area contributed by atoms with Crippen LogP contribution in [0.2, 0.25) is 5.02 Å². The zero-order chi connectivity index (χ0) is 14.3. The molecule has 3 heteroatoms. The minimum absolute atomic E-state index is 0.264. The molecule has 1 aromatic rings. The number of hydrogen-bond acceptors (Lipinski definition) is 2. The average Bonchev–Trinajstić information content (AvgIpc) is 2.37. The molecule has 2 saturated carbocycles. The lowest BCUT2D eigenvalue weighted by Crippen LogP contribution is -2.63. The fraction of sp³-hybridized carbons (Fsp3) is 0.647. The molecule has 110 valence electrons. The standard InChI is InChI=1S/C17H24ClNO/c1-17(2)15(10-16(17)20-3)19-14-8-12(9-14)11-4-6-13(18)7-5-11/h4-7,12,14-16,19H,8-10H2,1-3H3. The second-order valence-electron chi connectivity index (χ2n) is 6.92. The van der Waals surface area contributed by atoms with Crippen LogP contribution >= 0.6 is 11.6 Å². The highest BCUT2D eigenvalue weighted by atomic mass is 35.5. The maximum Gasteiger partial charge on any atom is 0.0652 e. The fourth-order valence-electron chi connectivity index (χ4n) is 3.61. The molecule has 2 unspecified atom stereocenters. The summed E-state index contributed by atoms with van der Waals surface area (Å²) in [4.78, 5) is 0. The van der Waals surface area contributed by atoms with Crippen molar-refractivity contribution in [3.05, 3.63) is 34.9 Å². The molecule has 1 aromatic carbocycles. The lowest BCUT2D eigenvalue weighted by molar-refractivity contribution is -0.103. The van der Waals surface area contributed by atoms with Crippen molar-refractivity contribution in [2.75, 3.05) is 7.11 Å². The third-order valence-electron chi connectivity index (χ3n) is 5.38. The lowest BCUT2D eigenvalue weighted by atomic mass is 9.63. The van der Waals surface area contributed by atoms with Gasteiger partial charge in [-0.1, -0.05) is 37.6 Å². The Kier molecular flexibility index (Phi) is 3.83. The zero-order valence-corrected chi connectivity index (χ0v) is 13.3. The molecule has 2 aliphatic rings. The van der Waals surface area contributed by atoms with Crippen LogP contribution in [0.25, 0.3) is 0 Å². The van der Waals surface area contributed by atoms with E-state index in [1.165, 1.54) is 18.4 Å². The Labute approximate surface area is 126 Å². The van der Waals surface area contributed by atoms with E-state index in [9.17, 15) is 0 Å². The van der Waals surface area contributed by atoms with E-state index in [4.69, 9.17) is 16.3 Å². The van der Waals surface area contributed by atoms with Gasteiger partial charge in [0, 0.05) is 29.6 Å². The summed E-state index contributed by atoms with van der Waals surface area (Å²) in [6.07, 6.45) is 4.04. The molecule has 2 nitrogen and oxygen atoms in total. The summed E-state index contributed by atoms with van der Waals surface area (Å²) in [6.45, 7) is 4.61. The van der Waals surface area contributed by atoms with Crippen LogP contribution in [0, 0.1) is 5.41 Å². The maximum atomic E-state index is 5.94. The molecule has 0 aromatic heterocycles. The van der Waals surface area contributed by atoms with Crippen LogP contribution in [-0.4, -0.2) is 25.3 Å². The molecule has 2 fully saturated rings. The van der Waals surface area contributed by atoms with Crippen molar-refractivity contribution in [2.24, 2.45) is 5.41 Å². The molecular formula is C17H24ClNO. The van der Waals surface area contributed by atoms with Crippen LogP contribution in [0.1, 0.15) is 44.6 Å². The fourth-order valence-corrected chi connectivity index (χ4v) is 3.74. The number of methoxy groups -OCH3 is 1. The molecule has 2 atom stereocenters. The summed E-state index contributed by atoms with van der Waals surface area (Å²) in [7, 11) is 1.82. The second-order valence-corrected chi connectivity index (χ2v) is 7.35. The van der Waals surface area contributed by atoms with Gasteiger partial charge >= 0.3 is 0 Å². The summed E-state index contributed by atoms with van der Waals surface area (Å²) in [5.41, 5.74) is 1.69. The average molecular weight is 294 g/mol. The minimum Gasteiger partial charge on any atom is -0.381 e. The zero-order valence-electron chi connectivity index (χ0n) is 12.5. The molecule has 0 radical (unpaired) electrons. The van der Waals surface area contributed by atoms with Gasteiger partial charge in [-0.05, 0) is 42.9 Å². The van der Waals surface area contributed by atoms with Crippen LogP contribution in [0.3, 0.4) is 0 Å². The summed E-state index contributed by atoms with van der Waals surface area (Å²) in [5, 5.41) is 4.64. The summed E-state index contributed by atoms with van der Waals surface area (Å²) < 4.78 is 5.51. The molecule has 3 rings (SSSR count). The number of halogens is 1. The Balaban J connectivity index is 1.48. The van der Waals surface area contributed by atoms with Crippen molar-refractivity contribution in [1.82, 2.24) is 5.32 Å². The third kappa shape index (κ3) is 2.49. The molecule has 0 amide bonds. The number of nitrogens with one attached hydrogen (secondary N) is 1. The number of rotatable bonds is 4. The first-order valence-corrected chi connectivity index (χ1v) is 7.93.